The third-order valence-corrected chi connectivity index (χ3v) is 12.8. The highest BCUT2D eigenvalue weighted by molar-refractivity contribution is 7.26. The predicted molar refractivity (Wildman–Crippen MR) is 211 cm³/mol. The van der Waals surface area contributed by atoms with E-state index in [-0.39, 0.29) is 22.2 Å². The van der Waals surface area contributed by atoms with Gasteiger partial charge in [0, 0.05) is 43.7 Å². The van der Waals surface area contributed by atoms with Gasteiger partial charge in [0.1, 0.15) is 23.3 Å². The van der Waals surface area contributed by atoms with Crippen molar-refractivity contribution >= 4 is 65.6 Å². The van der Waals surface area contributed by atoms with Crippen LogP contribution in [0.4, 0.5) is 11.6 Å². The van der Waals surface area contributed by atoms with Crippen LogP contribution in [0, 0.1) is 0 Å². The summed E-state index contributed by atoms with van der Waals surface area (Å²) in [6.45, 7) is 21.9. The maximum absolute atomic E-state index is 5.01. The Labute approximate surface area is 293 Å². The first-order valence-electron chi connectivity index (χ1n) is 17.1. The molecule has 49 heavy (non-hydrogen) atoms. The third kappa shape index (κ3) is 4.58. The number of aromatic nitrogens is 2. The minimum atomic E-state index is -0.198. The molecule has 0 unspecified atom stereocenters. The first kappa shape index (κ1) is 31.6. The SMILES string of the molecule is CC1=NC(C)(C)C(C)(C)N1c1ccc(-c2ccc3c(c2)sc2cc(-c4ccc(N5C(C)=NC(C)(C)C5(C)C)nc4)c4ccccc4c23)cn1. The number of hydrogen-bond donors (Lipinski definition) is 0. The predicted octanol–water partition coefficient (Wildman–Crippen LogP) is 10.9. The fourth-order valence-corrected chi connectivity index (χ4v) is 9.07. The van der Waals surface area contributed by atoms with Crippen LogP contribution in [0.25, 0.3) is 53.2 Å². The number of rotatable bonds is 4. The molecule has 0 amide bonds. The van der Waals surface area contributed by atoms with Crippen LogP contribution in [0.3, 0.4) is 0 Å². The van der Waals surface area contributed by atoms with Gasteiger partial charge in [0.25, 0.3) is 0 Å². The first-order valence-corrected chi connectivity index (χ1v) is 18.0. The normalized spacial score (nSPS) is 19.2. The number of hydrogen-bond acceptors (Lipinski definition) is 7. The van der Waals surface area contributed by atoms with Gasteiger partial charge in [-0.05, 0) is 128 Å². The molecule has 248 valence electrons. The first-order chi connectivity index (χ1) is 23.1. The van der Waals surface area contributed by atoms with Crippen molar-refractivity contribution in [3.8, 4) is 22.3 Å². The highest BCUT2D eigenvalue weighted by Crippen LogP contribution is 2.45. The molecule has 0 saturated carbocycles. The molecule has 8 rings (SSSR count). The summed E-state index contributed by atoms with van der Waals surface area (Å²) in [5, 5.41) is 5.10. The van der Waals surface area contributed by atoms with Gasteiger partial charge < -0.3 is 9.80 Å². The Hall–Kier alpha value is -4.62. The van der Waals surface area contributed by atoms with Gasteiger partial charge in [-0.25, -0.2) is 9.97 Å². The van der Waals surface area contributed by atoms with E-state index in [1.54, 1.807) is 0 Å². The van der Waals surface area contributed by atoms with Crippen LogP contribution in [0.1, 0.15) is 69.2 Å². The second-order valence-electron chi connectivity index (χ2n) is 15.7. The summed E-state index contributed by atoms with van der Waals surface area (Å²) in [5.74, 6) is 3.87. The summed E-state index contributed by atoms with van der Waals surface area (Å²) in [6, 6.07) is 26.6. The Morgan fingerprint density at radius 2 is 1.06 bits per heavy atom. The van der Waals surface area contributed by atoms with Gasteiger partial charge in [0.2, 0.25) is 0 Å². The molecule has 0 aliphatic carbocycles. The average molecular weight is 665 g/mol. The molecule has 0 saturated heterocycles. The molecule has 7 heteroatoms. The number of aliphatic imine (C=N–C) groups is 2. The number of anilines is 2. The molecular formula is C42H44N6S. The lowest BCUT2D eigenvalue weighted by Gasteiger charge is -2.40. The zero-order chi connectivity index (χ0) is 34.7. The van der Waals surface area contributed by atoms with Crippen molar-refractivity contribution in [3.63, 3.8) is 0 Å². The zero-order valence-corrected chi connectivity index (χ0v) is 31.0. The van der Waals surface area contributed by atoms with Gasteiger partial charge in [-0.15, -0.1) is 11.3 Å². The molecule has 2 aliphatic heterocycles. The quantitative estimate of drug-likeness (QED) is 0.188. The van der Waals surface area contributed by atoms with Crippen molar-refractivity contribution in [2.24, 2.45) is 9.98 Å². The van der Waals surface area contributed by atoms with Gasteiger partial charge >= 0.3 is 0 Å². The van der Waals surface area contributed by atoms with Crippen LogP contribution in [0.2, 0.25) is 0 Å². The van der Waals surface area contributed by atoms with Crippen molar-refractivity contribution in [1.29, 1.82) is 0 Å². The molecule has 0 atom stereocenters. The Morgan fingerprint density at radius 1 is 0.531 bits per heavy atom. The third-order valence-electron chi connectivity index (χ3n) is 11.7. The Kier molecular flexibility index (Phi) is 6.74. The molecule has 0 spiro atoms. The minimum absolute atomic E-state index is 0.169. The summed E-state index contributed by atoms with van der Waals surface area (Å²) >= 11 is 1.85. The molecule has 2 aliphatic rings. The van der Waals surface area contributed by atoms with Crippen molar-refractivity contribution in [1.82, 2.24) is 9.97 Å². The van der Waals surface area contributed by atoms with Crippen molar-refractivity contribution in [2.75, 3.05) is 9.80 Å². The molecule has 6 nitrogen and oxygen atoms in total. The van der Waals surface area contributed by atoms with Crippen molar-refractivity contribution in [2.45, 2.75) is 91.4 Å². The standard InChI is InChI=1S/C42H44N6S/c1-25-45-39(3,4)41(7,8)47(25)36-19-16-28(23-43-36)27-15-18-32-34(21-27)49-35-22-33(30-13-11-12-14-31(30)38(32)35)29-17-20-37(44-24-29)48-26(2)46-40(5,6)42(48,9)10/h11-24H,1-10H3. The van der Waals surface area contributed by atoms with E-state index in [9.17, 15) is 0 Å². The fourth-order valence-electron chi connectivity index (χ4n) is 7.87. The number of fused-ring (bicyclic) bond motifs is 5. The number of amidine groups is 2. The lowest BCUT2D eigenvalue weighted by molar-refractivity contribution is 0.337. The van der Waals surface area contributed by atoms with Crippen molar-refractivity contribution < 1.29 is 0 Å². The topological polar surface area (TPSA) is 57.0 Å². The fraction of sp³-hybridized carbons (Fsp3) is 0.333. The molecular weight excluding hydrogens is 621 g/mol. The number of thiophene rings is 1. The highest BCUT2D eigenvalue weighted by Gasteiger charge is 2.49. The molecule has 0 radical (unpaired) electrons. The summed E-state index contributed by atoms with van der Waals surface area (Å²) < 4.78 is 2.55. The summed E-state index contributed by atoms with van der Waals surface area (Å²) in [5.41, 5.74) is 3.85. The number of benzene rings is 3. The lowest BCUT2D eigenvalue weighted by Crippen LogP contribution is -2.53. The summed E-state index contributed by atoms with van der Waals surface area (Å²) in [4.78, 5) is 24.4. The number of nitrogens with zero attached hydrogens (tertiary/aromatic N) is 6. The summed E-state index contributed by atoms with van der Waals surface area (Å²) in [6.07, 6.45) is 4.03. The Morgan fingerprint density at radius 3 is 1.57 bits per heavy atom. The second kappa shape index (κ2) is 10.4. The van der Waals surface area contributed by atoms with Crippen LogP contribution in [-0.4, -0.2) is 43.8 Å². The van der Waals surface area contributed by atoms with Gasteiger partial charge in [0.05, 0.1) is 22.2 Å². The molecule has 6 aromatic rings. The Bertz CT molecular complexity index is 2360. The lowest BCUT2D eigenvalue weighted by atomic mass is 9.83. The molecule has 0 fully saturated rings. The zero-order valence-electron chi connectivity index (χ0n) is 30.2. The Balaban J connectivity index is 1.17. The van der Waals surface area contributed by atoms with E-state index >= 15 is 0 Å². The highest BCUT2D eigenvalue weighted by atomic mass is 32.1. The maximum atomic E-state index is 5.01. The van der Waals surface area contributed by atoms with Gasteiger partial charge in [-0.2, -0.15) is 0 Å². The molecule has 3 aromatic carbocycles. The van der Waals surface area contributed by atoms with E-state index in [4.69, 9.17) is 20.0 Å². The molecule has 3 aromatic heterocycles. The molecule has 5 heterocycles. The molecule has 0 N–H and O–H groups in total. The van der Waals surface area contributed by atoms with Gasteiger partial charge in [-0.1, -0.05) is 36.4 Å². The van der Waals surface area contributed by atoms with E-state index < -0.39 is 0 Å². The van der Waals surface area contributed by atoms with Crippen LogP contribution >= 0.6 is 11.3 Å². The van der Waals surface area contributed by atoms with Gasteiger partial charge in [-0.3, -0.25) is 9.98 Å². The summed E-state index contributed by atoms with van der Waals surface area (Å²) in [7, 11) is 0. The van der Waals surface area contributed by atoms with E-state index in [1.165, 1.54) is 42.1 Å². The van der Waals surface area contributed by atoms with Crippen LogP contribution in [0.5, 0.6) is 0 Å². The minimum Gasteiger partial charge on any atom is -0.307 e. The van der Waals surface area contributed by atoms with Crippen LogP contribution in [0.15, 0.2) is 95.2 Å². The molecule has 0 bridgehead atoms. The van der Waals surface area contributed by atoms with Crippen LogP contribution < -0.4 is 9.80 Å². The van der Waals surface area contributed by atoms with Gasteiger partial charge in [0.15, 0.2) is 0 Å². The second-order valence-corrected chi connectivity index (χ2v) is 16.8. The van der Waals surface area contributed by atoms with Crippen LogP contribution in [-0.2, 0) is 0 Å². The smallest absolute Gasteiger partial charge is 0.134 e. The monoisotopic (exact) mass is 664 g/mol. The number of pyridine rings is 2. The average Bonchev–Trinajstić information content (AvgIpc) is 3.55. The van der Waals surface area contributed by atoms with Crippen molar-refractivity contribution in [3.05, 3.63) is 85.2 Å². The maximum Gasteiger partial charge on any atom is 0.134 e. The largest absolute Gasteiger partial charge is 0.307 e. The van der Waals surface area contributed by atoms with E-state index in [2.05, 4.69) is 152 Å². The van der Waals surface area contributed by atoms with E-state index in [1.807, 2.05) is 23.7 Å². The van der Waals surface area contributed by atoms with E-state index in [0.29, 0.717) is 0 Å². The van der Waals surface area contributed by atoms with E-state index in [0.717, 1.165) is 34.4 Å².